The van der Waals surface area contributed by atoms with Gasteiger partial charge in [-0.15, -0.1) is 0 Å². The van der Waals surface area contributed by atoms with Crippen LogP contribution in [0.1, 0.15) is 41.0 Å². The van der Waals surface area contributed by atoms with Crippen LogP contribution in [0.2, 0.25) is 0 Å². The third-order valence-electron chi connectivity index (χ3n) is 6.85. The quantitative estimate of drug-likeness (QED) is 0.461. The number of amides is 2. The van der Waals surface area contributed by atoms with Crippen LogP contribution in [-0.4, -0.2) is 30.4 Å². The average Bonchev–Trinajstić information content (AvgIpc) is 2.84. The van der Waals surface area contributed by atoms with Crippen molar-refractivity contribution in [1.29, 1.82) is 0 Å². The van der Waals surface area contributed by atoms with Crippen LogP contribution in [0, 0.1) is 6.92 Å². The van der Waals surface area contributed by atoms with Crippen molar-refractivity contribution in [2.24, 2.45) is 0 Å². The summed E-state index contributed by atoms with van der Waals surface area (Å²) >= 11 is 0. The molecule has 1 aromatic heterocycles. The van der Waals surface area contributed by atoms with Gasteiger partial charge in [0.2, 0.25) is 5.91 Å². The normalized spacial score (nSPS) is 17.6. The maximum absolute atomic E-state index is 13.6. The highest BCUT2D eigenvalue weighted by Crippen LogP contribution is 2.43. The van der Waals surface area contributed by atoms with E-state index in [2.05, 4.69) is 36.5 Å². The fourth-order valence-electron chi connectivity index (χ4n) is 4.79. The molecule has 4 aromatic rings. The number of pyridine rings is 1. The van der Waals surface area contributed by atoms with Crippen molar-refractivity contribution in [2.75, 3.05) is 18.5 Å². The van der Waals surface area contributed by atoms with Gasteiger partial charge >= 0.3 is 0 Å². The van der Waals surface area contributed by atoms with E-state index in [0.29, 0.717) is 5.56 Å². The van der Waals surface area contributed by atoms with Crippen molar-refractivity contribution in [3.05, 3.63) is 83.0 Å². The van der Waals surface area contributed by atoms with Crippen LogP contribution in [-0.2, 0) is 16.6 Å². The maximum atomic E-state index is 13.6. The van der Waals surface area contributed by atoms with Gasteiger partial charge in [-0.2, -0.15) is 0 Å². The number of aryl methyl sites for hydroxylation is 2. The number of anilines is 1. The van der Waals surface area contributed by atoms with Gasteiger partial charge in [-0.05, 0) is 55.5 Å². The topological polar surface area (TPSA) is 62.3 Å². The fourth-order valence-corrected chi connectivity index (χ4v) is 4.79. The summed E-state index contributed by atoms with van der Waals surface area (Å²) in [6.07, 6.45) is 0.913. The Hall–Kier alpha value is -3.73. The summed E-state index contributed by atoms with van der Waals surface area (Å²) in [5, 5.41) is 6.12. The van der Waals surface area contributed by atoms with E-state index in [0.717, 1.165) is 45.0 Å². The molecule has 0 saturated heterocycles. The molecule has 2 amide bonds. The summed E-state index contributed by atoms with van der Waals surface area (Å²) in [6, 6.07) is 19.8. The van der Waals surface area contributed by atoms with Crippen LogP contribution in [0.4, 0.5) is 5.69 Å². The molecule has 3 aromatic carbocycles. The molecule has 1 aliphatic rings. The van der Waals surface area contributed by atoms with E-state index in [9.17, 15) is 9.59 Å². The summed E-state index contributed by atoms with van der Waals surface area (Å²) in [4.78, 5) is 33.2. The number of rotatable bonds is 4. The number of aromatic nitrogens is 1. The van der Waals surface area contributed by atoms with E-state index < -0.39 is 5.41 Å². The van der Waals surface area contributed by atoms with Crippen LogP contribution in [0.15, 0.2) is 60.7 Å². The zero-order valence-electron chi connectivity index (χ0n) is 19.4. The molecule has 0 fully saturated rings. The number of fused-ring (bicyclic) bond motifs is 2. The Morgan fingerprint density at radius 1 is 1.06 bits per heavy atom. The van der Waals surface area contributed by atoms with Crippen molar-refractivity contribution < 1.29 is 9.59 Å². The lowest BCUT2D eigenvalue weighted by Gasteiger charge is -2.38. The summed E-state index contributed by atoms with van der Waals surface area (Å²) in [5.74, 6) is -0.277. The Balaban J connectivity index is 1.65. The summed E-state index contributed by atoms with van der Waals surface area (Å²) in [5.41, 5.74) is 4.33. The van der Waals surface area contributed by atoms with Gasteiger partial charge in [0.25, 0.3) is 5.91 Å². The summed E-state index contributed by atoms with van der Waals surface area (Å²) in [6.45, 7) is 6.15. The standard InChI is InChI=1S/C28H27N3O2/c1-5-18-11-14-20-21-7-6-8-23-24(21)25(30-22(20)15-18)28(3,27(33)31(23)4)16-29-26(32)19-12-9-17(2)10-13-19/h6-15H,5,16H2,1-4H3,(H,29,32). The molecule has 166 valence electrons. The molecule has 5 rings (SSSR count). The minimum Gasteiger partial charge on any atom is -0.351 e. The van der Waals surface area contributed by atoms with Gasteiger partial charge in [0.15, 0.2) is 0 Å². The van der Waals surface area contributed by atoms with Gasteiger partial charge in [-0.3, -0.25) is 14.6 Å². The van der Waals surface area contributed by atoms with Crippen LogP contribution >= 0.6 is 0 Å². The third kappa shape index (κ3) is 3.27. The molecule has 1 N–H and O–H groups in total. The molecule has 2 heterocycles. The molecular weight excluding hydrogens is 410 g/mol. The first kappa shape index (κ1) is 21.1. The van der Waals surface area contributed by atoms with Gasteiger partial charge in [0.05, 0.1) is 16.9 Å². The first-order valence-corrected chi connectivity index (χ1v) is 11.3. The third-order valence-corrected chi connectivity index (χ3v) is 6.85. The number of carbonyl (C=O) groups is 2. The number of likely N-dealkylation sites (N-methyl/N-ethyl adjacent to an activating group) is 1. The molecule has 33 heavy (non-hydrogen) atoms. The zero-order valence-corrected chi connectivity index (χ0v) is 19.4. The molecule has 0 radical (unpaired) electrons. The zero-order chi connectivity index (χ0) is 23.3. The van der Waals surface area contributed by atoms with Crippen molar-refractivity contribution in [1.82, 2.24) is 10.3 Å². The second kappa shape index (κ2) is 7.69. The minimum atomic E-state index is -0.988. The molecule has 1 unspecified atom stereocenters. The SMILES string of the molecule is CCc1ccc2c(c1)nc1c3c(cccc32)N(C)C(=O)C1(C)CNC(=O)c1ccc(C)cc1. The Kier molecular flexibility index (Phi) is 4.93. The Labute approximate surface area is 193 Å². The van der Waals surface area contributed by atoms with Gasteiger partial charge in [0.1, 0.15) is 5.41 Å². The van der Waals surface area contributed by atoms with Crippen LogP contribution in [0.3, 0.4) is 0 Å². The summed E-state index contributed by atoms with van der Waals surface area (Å²) in [7, 11) is 1.80. The predicted molar refractivity (Wildman–Crippen MR) is 133 cm³/mol. The van der Waals surface area contributed by atoms with Gasteiger partial charge in [-0.25, -0.2) is 0 Å². The van der Waals surface area contributed by atoms with E-state index in [1.165, 1.54) is 5.56 Å². The second-order valence-electron chi connectivity index (χ2n) is 9.11. The van der Waals surface area contributed by atoms with Gasteiger partial charge in [-0.1, -0.05) is 48.9 Å². The minimum absolute atomic E-state index is 0.0785. The van der Waals surface area contributed by atoms with E-state index in [-0.39, 0.29) is 18.4 Å². The van der Waals surface area contributed by atoms with E-state index in [4.69, 9.17) is 4.98 Å². The number of nitrogens with zero attached hydrogens (tertiary/aromatic N) is 2. The van der Waals surface area contributed by atoms with E-state index >= 15 is 0 Å². The van der Waals surface area contributed by atoms with Crippen molar-refractivity contribution in [3.8, 4) is 0 Å². The first-order chi connectivity index (χ1) is 15.8. The molecule has 5 nitrogen and oxygen atoms in total. The van der Waals surface area contributed by atoms with Crippen molar-refractivity contribution >= 4 is 39.2 Å². The van der Waals surface area contributed by atoms with Crippen LogP contribution < -0.4 is 10.2 Å². The lowest BCUT2D eigenvalue weighted by molar-refractivity contribution is -0.123. The molecule has 0 spiro atoms. The molecule has 5 heteroatoms. The molecule has 0 saturated carbocycles. The van der Waals surface area contributed by atoms with Crippen molar-refractivity contribution in [3.63, 3.8) is 0 Å². The Morgan fingerprint density at radius 3 is 2.55 bits per heavy atom. The number of nitrogens with one attached hydrogen (secondary N) is 1. The molecular formula is C28H27N3O2. The lowest BCUT2D eigenvalue weighted by atomic mass is 9.78. The van der Waals surface area contributed by atoms with E-state index in [1.807, 2.05) is 38.1 Å². The highest BCUT2D eigenvalue weighted by molar-refractivity contribution is 6.19. The Bertz CT molecular complexity index is 1430. The largest absolute Gasteiger partial charge is 0.351 e. The summed E-state index contributed by atoms with van der Waals surface area (Å²) < 4.78 is 0. The Morgan fingerprint density at radius 2 is 1.82 bits per heavy atom. The highest BCUT2D eigenvalue weighted by Gasteiger charge is 2.45. The molecule has 0 bridgehead atoms. The van der Waals surface area contributed by atoms with E-state index in [1.54, 1.807) is 24.1 Å². The maximum Gasteiger partial charge on any atom is 0.251 e. The number of hydrogen-bond donors (Lipinski definition) is 1. The van der Waals surface area contributed by atoms with Gasteiger partial charge < -0.3 is 10.2 Å². The molecule has 1 atom stereocenters. The number of hydrogen-bond acceptors (Lipinski definition) is 3. The van der Waals surface area contributed by atoms with Crippen molar-refractivity contribution in [2.45, 2.75) is 32.6 Å². The lowest BCUT2D eigenvalue weighted by Crippen LogP contribution is -2.53. The number of carbonyl (C=O) groups excluding carboxylic acids is 2. The fraction of sp³-hybridized carbons (Fsp3) is 0.250. The smallest absolute Gasteiger partial charge is 0.251 e. The average molecular weight is 438 g/mol. The monoisotopic (exact) mass is 437 g/mol. The van der Waals surface area contributed by atoms with Crippen LogP contribution in [0.25, 0.3) is 21.7 Å². The van der Waals surface area contributed by atoms with Crippen LogP contribution in [0.5, 0.6) is 0 Å². The number of benzene rings is 3. The highest BCUT2D eigenvalue weighted by atomic mass is 16.2. The predicted octanol–water partition coefficient (Wildman–Crippen LogP) is 4.92. The van der Waals surface area contributed by atoms with Gasteiger partial charge in [0, 0.05) is 29.9 Å². The molecule has 0 aliphatic carbocycles. The first-order valence-electron chi connectivity index (χ1n) is 11.3. The second-order valence-corrected chi connectivity index (χ2v) is 9.11. The molecule has 1 aliphatic heterocycles.